The predicted molar refractivity (Wildman–Crippen MR) is 222 cm³/mol. The molecule has 0 aliphatic carbocycles. The quantitative estimate of drug-likeness (QED) is 0.126. The molecule has 2 aromatic rings. The number of rotatable bonds is 26. The van der Waals surface area contributed by atoms with E-state index in [1.807, 2.05) is 30.3 Å². The molecule has 3 fully saturated rings. The van der Waals surface area contributed by atoms with Crippen LogP contribution in [0.2, 0.25) is 0 Å². The molecular formula is C44H66O19. The van der Waals surface area contributed by atoms with Gasteiger partial charge in [-0.2, -0.15) is 0 Å². The number of aryl methyl sites for hydroxylation is 1. The van der Waals surface area contributed by atoms with E-state index in [-0.39, 0.29) is 46.1 Å². The van der Waals surface area contributed by atoms with Gasteiger partial charge in [-0.1, -0.05) is 12.1 Å². The number of ether oxygens (including phenoxy) is 18. The van der Waals surface area contributed by atoms with Crippen LogP contribution in [-0.4, -0.2) is 191 Å². The molecule has 0 aromatic heterocycles. The van der Waals surface area contributed by atoms with Gasteiger partial charge in [-0.3, -0.25) is 4.79 Å². The molecule has 3 aliphatic rings. The Bertz CT molecular complexity index is 1700. The Kier molecular flexibility index (Phi) is 19.4. The van der Waals surface area contributed by atoms with Crippen LogP contribution in [0, 0.1) is 0 Å². The molecule has 3 heterocycles. The summed E-state index contributed by atoms with van der Waals surface area (Å²) in [6, 6.07) is 11.1. The van der Waals surface area contributed by atoms with Gasteiger partial charge in [0, 0.05) is 56.2 Å². The number of hydrogen-bond donors (Lipinski definition) is 0. The van der Waals surface area contributed by atoms with Crippen molar-refractivity contribution in [3.8, 4) is 23.0 Å². The first-order valence-corrected chi connectivity index (χ1v) is 20.6. The van der Waals surface area contributed by atoms with Crippen LogP contribution in [0.1, 0.15) is 17.5 Å². The largest absolute Gasteiger partial charge is 0.493 e. The summed E-state index contributed by atoms with van der Waals surface area (Å²) in [6.07, 6.45) is -7.98. The topological polar surface area (TPSA) is 183 Å². The van der Waals surface area contributed by atoms with Crippen molar-refractivity contribution in [3.63, 3.8) is 0 Å². The third kappa shape index (κ3) is 11.7. The van der Waals surface area contributed by atoms with Gasteiger partial charge >= 0.3 is 5.97 Å². The average Bonchev–Trinajstić information content (AvgIpc) is 3.84. The predicted octanol–water partition coefficient (Wildman–Crippen LogP) is 2.77. The van der Waals surface area contributed by atoms with Gasteiger partial charge in [0.2, 0.25) is 0 Å². The van der Waals surface area contributed by atoms with E-state index in [1.165, 1.54) is 21.3 Å². The molecule has 0 bridgehead atoms. The van der Waals surface area contributed by atoms with Gasteiger partial charge in [-0.15, -0.1) is 0 Å². The second-order valence-corrected chi connectivity index (χ2v) is 15.2. The highest BCUT2D eigenvalue weighted by Crippen LogP contribution is 2.38. The molecule has 2 aromatic carbocycles. The average molecular weight is 899 g/mol. The van der Waals surface area contributed by atoms with E-state index in [0.29, 0.717) is 35.8 Å². The third-order valence-corrected chi connectivity index (χ3v) is 11.6. The van der Waals surface area contributed by atoms with Crippen molar-refractivity contribution in [3.05, 3.63) is 47.5 Å². The fraction of sp³-hybridized carbons (Fsp3) is 0.705. The van der Waals surface area contributed by atoms with Crippen LogP contribution >= 0.6 is 0 Å². The van der Waals surface area contributed by atoms with Crippen LogP contribution < -0.4 is 18.9 Å². The van der Waals surface area contributed by atoms with Gasteiger partial charge in [-0.25, -0.2) is 0 Å². The highest BCUT2D eigenvalue weighted by molar-refractivity contribution is 5.70. The van der Waals surface area contributed by atoms with E-state index in [2.05, 4.69) is 0 Å². The molecule has 63 heavy (non-hydrogen) atoms. The lowest BCUT2D eigenvalue weighted by Crippen LogP contribution is -2.64. The maximum Gasteiger partial charge on any atom is 0.306 e. The van der Waals surface area contributed by atoms with E-state index in [9.17, 15) is 4.79 Å². The number of carbonyl (C=O) groups is 1. The molecule has 0 spiro atoms. The summed E-state index contributed by atoms with van der Waals surface area (Å²) < 4.78 is 108. The Morgan fingerprint density at radius 2 is 1.14 bits per heavy atom. The van der Waals surface area contributed by atoms with Crippen LogP contribution in [0.4, 0.5) is 0 Å². The molecule has 5 rings (SSSR count). The molecule has 19 nitrogen and oxygen atoms in total. The summed E-state index contributed by atoms with van der Waals surface area (Å²) in [5.74, 6) is 1.73. The Labute approximate surface area is 369 Å². The summed E-state index contributed by atoms with van der Waals surface area (Å²) in [4.78, 5) is 14.0. The maximum atomic E-state index is 14.0. The van der Waals surface area contributed by atoms with Gasteiger partial charge in [0.25, 0.3) is 0 Å². The van der Waals surface area contributed by atoms with Crippen molar-refractivity contribution in [1.82, 2.24) is 0 Å². The Balaban J connectivity index is 1.47. The van der Waals surface area contributed by atoms with Crippen LogP contribution in [0.5, 0.6) is 23.0 Å². The molecule has 19 heteroatoms. The molecular weight excluding hydrogens is 832 g/mol. The molecule has 0 N–H and O–H groups in total. The lowest BCUT2D eigenvalue weighted by molar-refractivity contribution is -0.340. The number of methoxy groups -OCH3 is 11. The Hall–Kier alpha value is -3.41. The van der Waals surface area contributed by atoms with E-state index in [1.54, 1.807) is 62.9 Å². The first-order valence-electron chi connectivity index (χ1n) is 20.6. The van der Waals surface area contributed by atoms with Crippen LogP contribution in [-0.2, 0) is 84.0 Å². The second-order valence-electron chi connectivity index (χ2n) is 15.2. The lowest BCUT2D eigenvalue weighted by Gasteiger charge is -2.46. The summed E-state index contributed by atoms with van der Waals surface area (Å²) in [5, 5.41) is 0. The molecule has 356 valence electrons. The summed E-state index contributed by atoms with van der Waals surface area (Å²) in [5.41, 5.74) is -0.223. The van der Waals surface area contributed by atoms with Gasteiger partial charge in [0.1, 0.15) is 41.7 Å². The van der Waals surface area contributed by atoms with E-state index in [0.717, 1.165) is 11.1 Å². The Morgan fingerprint density at radius 1 is 0.603 bits per heavy atom. The molecule has 0 amide bonds. The summed E-state index contributed by atoms with van der Waals surface area (Å²) in [7, 11) is 17.0. The molecule has 0 unspecified atom stereocenters. The normalized spacial score (nSPS) is 30.6. The van der Waals surface area contributed by atoms with Crippen molar-refractivity contribution in [2.45, 2.75) is 86.0 Å². The molecule has 3 saturated heterocycles. The zero-order valence-electron chi connectivity index (χ0n) is 38.3. The first kappa shape index (κ1) is 50.6. The highest BCUT2D eigenvalue weighted by atomic mass is 16.8. The van der Waals surface area contributed by atoms with E-state index in [4.69, 9.17) is 85.3 Å². The van der Waals surface area contributed by atoms with Crippen LogP contribution in [0.3, 0.4) is 0 Å². The SMILES string of the molecule is COC[C@@]1(OC)CO[C@@H](OC[C@H]2O[C@@H](OCCc3ccc(OC)c(OC)c3)[C@H](OC)[C@@H](O[C@@H]3OC[C@@](COC)(OC)[C@H]3OC)[C@@H]2OC(=O)CCc2ccc(OC)c(OC)c2)[C@@H]1OC. The fourth-order valence-electron chi connectivity index (χ4n) is 8.24. The second kappa shape index (κ2) is 24.2. The third-order valence-electron chi connectivity index (χ3n) is 11.6. The highest BCUT2D eigenvalue weighted by Gasteiger charge is 2.58. The summed E-state index contributed by atoms with van der Waals surface area (Å²) >= 11 is 0. The zero-order valence-corrected chi connectivity index (χ0v) is 38.3. The van der Waals surface area contributed by atoms with Crippen molar-refractivity contribution < 1.29 is 90.1 Å². The molecule has 0 saturated carbocycles. The van der Waals surface area contributed by atoms with Crippen LogP contribution in [0.25, 0.3) is 0 Å². The van der Waals surface area contributed by atoms with Gasteiger partial charge in [0.15, 0.2) is 48.0 Å². The van der Waals surface area contributed by atoms with Gasteiger partial charge < -0.3 is 85.3 Å². The standard InChI is InChI=1S/C44H66O19/c1-46-23-43(55-10)25-59-41(38(43)53-8)58-22-33-35(62-34(45)17-14-27-12-15-29(48-3)31(20-27)50-5)36(63-42-39(54-9)44(56-11,24-47-2)26-60-42)37(52-7)40(61-33)57-19-18-28-13-16-30(49-4)32(21-28)51-6/h12-13,15-16,20-21,33,35-42H,14,17-19,22-26H2,1-11H3/t33-,35-,36+,37-,38+,39+,40-,41-,42+,43-,44-/m1/s1. The Morgan fingerprint density at radius 3 is 1.65 bits per heavy atom. The smallest absolute Gasteiger partial charge is 0.306 e. The summed E-state index contributed by atoms with van der Waals surface area (Å²) in [6.45, 7) is 0.529. The number of benzene rings is 2. The van der Waals surface area contributed by atoms with Crippen LogP contribution in [0.15, 0.2) is 36.4 Å². The molecule has 3 aliphatic heterocycles. The minimum atomic E-state index is -1.16. The number of carbonyl (C=O) groups excluding carboxylic acids is 1. The van der Waals surface area contributed by atoms with E-state index >= 15 is 0 Å². The number of esters is 1. The minimum absolute atomic E-state index is 0.0126. The van der Waals surface area contributed by atoms with Gasteiger partial charge in [-0.05, 0) is 48.2 Å². The lowest BCUT2D eigenvalue weighted by atomic mass is 9.96. The van der Waals surface area contributed by atoms with E-state index < -0.39 is 72.7 Å². The van der Waals surface area contributed by atoms with Gasteiger partial charge in [0.05, 0.1) is 68.1 Å². The van der Waals surface area contributed by atoms with Crippen molar-refractivity contribution in [2.24, 2.45) is 0 Å². The monoisotopic (exact) mass is 898 g/mol. The first-order chi connectivity index (χ1) is 30.6. The fourth-order valence-corrected chi connectivity index (χ4v) is 8.24. The maximum absolute atomic E-state index is 14.0. The number of hydrogen-bond acceptors (Lipinski definition) is 19. The minimum Gasteiger partial charge on any atom is -0.493 e. The van der Waals surface area contributed by atoms with Crippen molar-refractivity contribution >= 4 is 5.97 Å². The zero-order chi connectivity index (χ0) is 45.6. The van der Waals surface area contributed by atoms with Crippen molar-refractivity contribution in [1.29, 1.82) is 0 Å². The molecule has 11 atom stereocenters. The molecule has 0 radical (unpaired) electrons. The van der Waals surface area contributed by atoms with Crippen molar-refractivity contribution in [2.75, 3.05) is 118 Å².